The zero-order valence-corrected chi connectivity index (χ0v) is 12.2. The van der Waals surface area contributed by atoms with Crippen molar-refractivity contribution in [3.05, 3.63) is 52.5 Å². The highest BCUT2D eigenvalue weighted by Crippen LogP contribution is 2.22. The molecule has 1 unspecified atom stereocenters. The second-order valence-electron chi connectivity index (χ2n) is 5.06. The average Bonchev–Trinajstić information content (AvgIpc) is 2.71. The van der Waals surface area contributed by atoms with Crippen LogP contribution in [0.25, 0.3) is 0 Å². The number of hydrogen-bond donors (Lipinski definition) is 2. The van der Waals surface area contributed by atoms with Crippen LogP contribution in [0.5, 0.6) is 5.75 Å². The number of aryl methyl sites for hydroxylation is 3. The molecule has 0 fully saturated rings. The van der Waals surface area contributed by atoms with Gasteiger partial charge < -0.3 is 14.8 Å². The molecule has 1 aromatic carbocycles. The SMILES string of the molecule is Cc1cc(C(C)NC(=O)c2ccc(O)c(C)c2)c(C)o1. The lowest BCUT2D eigenvalue weighted by Gasteiger charge is -2.13. The summed E-state index contributed by atoms with van der Waals surface area (Å²) in [6.07, 6.45) is 0. The van der Waals surface area contributed by atoms with Gasteiger partial charge in [-0.15, -0.1) is 0 Å². The van der Waals surface area contributed by atoms with Gasteiger partial charge in [0.1, 0.15) is 17.3 Å². The molecule has 1 atom stereocenters. The molecule has 2 rings (SSSR count). The quantitative estimate of drug-likeness (QED) is 0.901. The van der Waals surface area contributed by atoms with E-state index in [9.17, 15) is 9.90 Å². The van der Waals surface area contributed by atoms with E-state index in [1.807, 2.05) is 26.8 Å². The first-order chi connectivity index (χ1) is 9.38. The number of nitrogens with one attached hydrogen (secondary N) is 1. The Morgan fingerprint density at radius 3 is 2.50 bits per heavy atom. The molecular formula is C16H19NO3. The summed E-state index contributed by atoms with van der Waals surface area (Å²) in [4.78, 5) is 12.2. The van der Waals surface area contributed by atoms with Crippen molar-refractivity contribution in [3.8, 4) is 5.75 Å². The molecular weight excluding hydrogens is 254 g/mol. The highest BCUT2D eigenvalue weighted by molar-refractivity contribution is 5.94. The van der Waals surface area contributed by atoms with Gasteiger partial charge in [-0.1, -0.05) is 0 Å². The van der Waals surface area contributed by atoms with Crippen LogP contribution in [-0.2, 0) is 0 Å². The van der Waals surface area contributed by atoms with Crippen molar-refractivity contribution in [2.45, 2.75) is 33.7 Å². The van der Waals surface area contributed by atoms with Crippen LogP contribution in [0.1, 0.15) is 46.0 Å². The number of amides is 1. The lowest BCUT2D eigenvalue weighted by atomic mass is 10.1. The van der Waals surface area contributed by atoms with E-state index in [0.29, 0.717) is 11.1 Å². The molecule has 20 heavy (non-hydrogen) atoms. The van der Waals surface area contributed by atoms with Gasteiger partial charge in [0.15, 0.2) is 0 Å². The maximum Gasteiger partial charge on any atom is 0.251 e. The first-order valence-electron chi connectivity index (χ1n) is 6.56. The van der Waals surface area contributed by atoms with Crippen LogP contribution < -0.4 is 5.32 Å². The molecule has 0 aliphatic carbocycles. The summed E-state index contributed by atoms with van der Waals surface area (Å²) in [5.74, 6) is 1.67. The topological polar surface area (TPSA) is 62.5 Å². The van der Waals surface area contributed by atoms with E-state index in [-0.39, 0.29) is 17.7 Å². The molecule has 0 aliphatic heterocycles. The summed E-state index contributed by atoms with van der Waals surface area (Å²) >= 11 is 0. The molecule has 1 heterocycles. The Bertz CT molecular complexity index is 643. The van der Waals surface area contributed by atoms with Gasteiger partial charge >= 0.3 is 0 Å². The molecule has 0 aliphatic rings. The Kier molecular flexibility index (Phi) is 3.84. The van der Waals surface area contributed by atoms with Crippen LogP contribution in [0, 0.1) is 20.8 Å². The third-order valence-corrected chi connectivity index (χ3v) is 3.35. The summed E-state index contributed by atoms with van der Waals surface area (Å²) < 4.78 is 5.47. The number of carbonyl (C=O) groups is 1. The zero-order valence-electron chi connectivity index (χ0n) is 12.2. The molecule has 1 aromatic heterocycles. The minimum atomic E-state index is -0.168. The molecule has 0 saturated heterocycles. The first-order valence-corrected chi connectivity index (χ1v) is 6.56. The molecule has 0 saturated carbocycles. The van der Waals surface area contributed by atoms with Gasteiger partial charge in [-0.2, -0.15) is 0 Å². The van der Waals surface area contributed by atoms with Gasteiger partial charge in [0, 0.05) is 11.1 Å². The second kappa shape index (κ2) is 5.41. The molecule has 2 N–H and O–H groups in total. The fourth-order valence-corrected chi connectivity index (χ4v) is 2.23. The molecule has 1 amide bonds. The van der Waals surface area contributed by atoms with Crippen molar-refractivity contribution in [2.24, 2.45) is 0 Å². The number of carbonyl (C=O) groups excluding carboxylic acids is 1. The minimum Gasteiger partial charge on any atom is -0.508 e. The zero-order chi connectivity index (χ0) is 14.9. The van der Waals surface area contributed by atoms with Gasteiger partial charge in [0.05, 0.1) is 6.04 Å². The fraction of sp³-hybridized carbons (Fsp3) is 0.312. The number of hydrogen-bond acceptors (Lipinski definition) is 3. The highest BCUT2D eigenvalue weighted by atomic mass is 16.3. The van der Waals surface area contributed by atoms with E-state index >= 15 is 0 Å². The number of furan rings is 1. The second-order valence-corrected chi connectivity index (χ2v) is 5.06. The Morgan fingerprint density at radius 2 is 1.95 bits per heavy atom. The van der Waals surface area contributed by atoms with Crippen molar-refractivity contribution < 1.29 is 14.3 Å². The van der Waals surface area contributed by atoms with Crippen molar-refractivity contribution in [3.63, 3.8) is 0 Å². The van der Waals surface area contributed by atoms with Crippen LogP contribution in [0.3, 0.4) is 0 Å². The molecule has 106 valence electrons. The summed E-state index contributed by atoms with van der Waals surface area (Å²) in [6, 6.07) is 6.61. The lowest BCUT2D eigenvalue weighted by Crippen LogP contribution is -2.26. The molecule has 4 heteroatoms. The molecule has 2 aromatic rings. The summed E-state index contributed by atoms with van der Waals surface area (Å²) in [5, 5.41) is 12.4. The highest BCUT2D eigenvalue weighted by Gasteiger charge is 2.16. The standard InChI is InChI=1S/C16H19NO3/c1-9-7-13(5-6-15(9)18)16(19)17-11(3)14-8-10(2)20-12(14)4/h5-8,11,18H,1-4H3,(H,17,19). The average molecular weight is 273 g/mol. The number of benzene rings is 1. The number of phenols is 1. The monoisotopic (exact) mass is 273 g/mol. The lowest BCUT2D eigenvalue weighted by molar-refractivity contribution is 0.0939. The van der Waals surface area contributed by atoms with Gasteiger partial charge in [-0.25, -0.2) is 0 Å². The predicted octanol–water partition coefficient (Wildman–Crippen LogP) is 3.40. The van der Waals surface area contributed by atoms with Crippen molar-refractivity contribution in [1.82, 2.24) is 5.32 Å². The molecule has 0 radical (unpaired) electrons. The van der Waals surface area contributed by atoms with Crippen LogP contribution >= 0.6 is 0 Å². The predicted molar refractivity (Wildman–Crippen MR) is 76.9 cm³/mol. The molecule has 0 bridgehead atoms. The van der Waals surface area contributed by atoms with E-state index in [2.05, 4.69) is 5.32 Å². The third kappa shape index (κ3) is 2.85. The summed E-state index contributed by atoms with van der Waals surface area (Å²) in [7, 11) is 0. The maximum atomic E-state index is 12.2. The van der Waals surface area contributed by atoms with Gasteiger partial charge in [-0.3, -0.25) is 4.79 Å². The maximum absolute atomic E-state index is 12.2. The third-order valence-electron chi connectivity index (χ3n) is 3.35. The molecule has 0 spiro atoms. The van der Waals surface area contributed by atoms with Gasteiger partial charge in [0.2, 0.25) is 0 Å². The fourth-order valence-electron chi connectivity index (χ4n) is 2.23. The van der Waals surface area contributed by atoms with E-state index in [0.717, 1.165) is 17.1 Å². The summed E-state index contributed by atoms with van der Waals surface area (Å²) in [5.41, 5.74) is 2.19. The minimum absolute atomic E-state index is 0.131. The number of rotatable bonds is 3. The smallest absolute Gasteiger partial charge is 0.251 e. The van der Waals surface area contributed by atoms with E-state index < -0.39 is 0 Å². The van der Waals surface area contributed by atoms with Crippen molar-refractivity contribution in [1.29, 1.82) is 0 Å². The Balaban J connectivity index is 2.15. The molecule has 4 nitrogen and oxygen atoms in total. The van der Waals surface area contributed by atoms with Crippen molar-refractivity contribution >= 4 is 5.91 Å². The van der Waals surface area contributed by atoms with Crippen LogP contribution in [0.15, 0.2) is 28.7 Å². The van der Waals surface area contributed by atoms with E-state index in [1.165, 1.54) is 6.07 Å². The Morgan fingerprint density at radius 1 is 1.25 bits per heavy atom. The van der Waals surface area contributed by atoms with Gasteiger partial charge in [0.25, 0.3) is 5.91 Å². The van der Waals surface area contributed by atoms with E-state index in [1.54, 1.807) is 19.1 Å². The Hall–Kier alpha value is -2.23. The number of phenolic OH excluding ortho intramolecular Hbond substituents is 1. The van der Waals surface area contributed by atoms with Crippen molar-refractivity contribution in [2.75, 3.05) is 0 Å². The number of aromatic hydroxyl groups is 1. The van der Waals surface area contributed by atoms with Crippen LogP contribution in [0.4, 0.5) is 0 Å². The van der Waals surface area contributed by atoms with E-state index in [4.69, 9.17) is 4.42 Å². The normalized spacial score (nSPS) is 12.2. The summed E-state index contributed by atoms with van der Waals surface area (Å²) in [6.45, 7) is 7.45. The van der Waals surface area contributed by atoms with Crippen LogP contribution in [0.2, 0.25) is 0 Å². The first kappa shape index (κ1) is 14.2. The Labute approximate surface area is 118 Å². The van der Waals surface area contributed by atoms with Crippen LogP contribution in [-0.4, -0.2) is 11.0 Å². The van der Waals surface area contributed by atoms with Gasteiger partial charge in [-0.05, 0) is 57.5 Å². The largest absolute Gasteiger partial charge is 0.508 e.